The summed E-state index contributed by atoms with van der Waals surface area (Å²) in [5.41, 5.74) is 5.45. The van der Waals surface area contributed by atoms with Crippen molar-refractivity contribution in [3.05, 3.63) is 0 Å². The lowest BCUT2D eigenvalue weighted by atomic mass is 10.5. The van der Waals surface area contributed by atoms with Crippen LogP contribution in [-0.4, -0.2) is 24.5 Å². The highest BCUT2D eigenvalue weighted by Gasteiger charge is 2.00. The summed E-state index contributed by atoms with van der Waals surface area (Å²) in [7, 11) is 1.85. The van der Waals surface area contributed by atoms with E-state index in [9.17, 15) is 0 Å². The zero-order chi connectivity index (χ0) is 8.85. The van der Waals surface area contributed by atoms with E-state index in [-0.39, 0.29) is 12.3 Å². The molecule has 0 aromatic carbocycles. The van der Waals surface area contributed by atoms with Crippen LogP contribution in [0.2, 0.25) is 0 Å². The minimum Gasteiger partial charge on any atom is -0.348 e. The van der Waals surface area contributed by atoms with E-state index in [1.165, 1.54) is 0 Å². The standard InChI is InChI=1S/C6H16N4S/c1-4(7)9-6(11)10-5(2)8-3/h4-5,8H,7H2,1-3H3,(H2,9,10,11). The van der Waals surface area contributed by atoms with Crippen molar-refractivity contribution in [1.29, 1.82) is 0 Å². The quantitative estimate of drug-likeness (QED) is 0.339. The van der Waals surface area contributed by atoms with Gasteiger partial charge in [0.2, 0.25) is 0 Å². The molecule has 0 saturated heterocycles. The smallest absolute Gasteiger partial charge is 0.168 e. The van der Waals surface area contributed by atoms with Crippen LogP contribution in [0.5, 0.6) is 0 Å². The molecule has 2 unspecified atom stereocenters. The first-order valence-electron chi connectivity index (χ1n) is 3.56. The second kappa shape index (κ2) is 5.29. The molecule has 5 N–H and O–H groups in total. The lowest BCUT2D eigenvalue weighted by Crippen LogP contribution is -2.50. The van der Waals surface area contributed by atoms with Gasteiger partial charge >= 0.3 is 0 Å². The Hall–Kier alpha value is -0.390. The van der Waals surface area contributed by atoms with Gasteiger partial charge in [0.1, 0.15) is 0 Å². The molecule has 4 nitrogen and oxygen atoms in total. The molecule has 5 heteroatoms. The van der Waals surface area contributed by atoms with E-state index in [0.717, 1.165) is 0 Å². The van der Waals surface area contributed by atoms with Crippen molar-refractivity contribution < 1.29 is 0 Å². The van der Waals surface area contributed by atoms with E-state index in [1.807, 2.05) is 20.9 Å². The summed E-state index contributed by atoms with van der Waals surface area (Å²) >= 11 is 4.93. The maximum atomic E-state index is 5.45. The van der Waals surface area contributed by atoms with Crippen LogP contribution >= 0.6 is 12.2 Å². The summed E-state index contributed by atoms with van der Waals surface area (Å²) in [5.74, 6) is 0. The molecule has 0 aliphatic carbocycles. The molecule has 0 amide bonds. The SMILES string of the molecule is CNC(C)NC(=S)NC(C)N. The molecule has 0 radical (unpaired) electrons. The van der Waals surface area contributed by atoms with Crippen molar-refractivity contribution in [3.8, 4) is 0 Å². The van der Waals surface area contributed by atoms with Crippen LogP contribution in [0.15, 0.2) is 0 Å². The zero-order valence-electron chi connectivity index (χ0n) is 7.14. The molecule has 0 aromatic rings. The number of nitrogens with two attached hydrogens (primary N) is 1. The van der Waals surface area contributed by atoms with Gasteiger partial charge in [0.15, 0.2) is 5.11 Å². The summed E-state index contributed by atoms with van der Waals surface area (Å²) < 4.78 is 0. The summed E-state index contributed by atoms with van der Waals surface area (Å²) in [6.45, 7) is 3.80. The first kappa shape index (κ1) is 10.6. The number of hydrogen-bond acceptors (Lipinski definition) is 3. The van der Waals surface area contributed by atoms with Crippen molar-refractivity contribution in [2.24, 2.45) is 5.73 Å². The summed E-state index contributed by atoms with van der Waals surface area (Å²) in [6, 6.07) is 0. The highest BCUT2D eigenvalue weighted by atomic mass is 32.1. The maximum absolute atomic E-state index is 5.45. The Morgan fingerprint density at radius 2 is 1.91 bits per heavy atom. The highest BCUT2D eigenvalue weighted by molar-refractivity contribution is 7.80. The van der Waals surface area contributed by atoms with Gasteiger partial charge in [-0.2, -0.15) is 0 Å². The summed E-state index contributed by atoms with van der Waals surface area (Å²) in [5, 5.41) is 9.42. The predicted octanol–water partition coefficient (Wildman–Crippen LogP) is -0.679. The Morgan fingerprint density at radius 1 is 1.36 bits per heavy atom. The van der Waals surface area contributed by atoms with Gasteiger partial charge in [-0.25, -0.2) is 0 Å². The van der Waals surface area contributed by atoms with Crippen LogP contribution in [-0.2, 0) is 0 Å². The van der Waals surface area contributed by atoms with Gasteiger partial charge in [-0.05, 0) is 33.1 Å². The average Bonchev–Trinajstić information content (AvgIpc) is 1.85. The molecule has 0 spiro atoms. The number of hydrogen-bond donors (Lipinski definition) is 4. The summed E-state index contributed by atoms with van der Waals surface area (Å²) in [6.07, 6.45) is 0.0489. The Morgan fingerprint density at radius 3 is 2.27 bits per heavy atom. The van der Waals surface area contributed by atoms with Crippen LogP contribution in [0.3, 0.4) is 0 Å². The molecule has 0 fully saturated rings. The number of rotatable bonds is 3. The topological polar surface area (TPSA) is 62.1 Å². The molecule has 0 rings (SSSR count). The molecule has 0 aromatic heterocycles. The molecule has 0 saturated carbocycles. The van der Waals surface area contributed by atoms with Gasteiger partial charge in [-0.1, -0.05) is 0 Å². The molecule has 11 heavy (non-hydrogen) atoms. The molecular formula is C6H16N4S. The van der Waals surface area contributed by atoms with Crippen molar-refractivity contribution in [2.75, 3.05) is 7.05 Å². The Bertz CT molecular complexity index is 126. The molecule has 0 aliphatic heterocycles. The van der Waals surface area contributed by atoms with E-state index in [1.54, 1.807) is 0 Å². The fraction of sp³-hybridized carbons (Fsp3) is 0.833. The highest BCUT2D eigenvalue weighted by Crippen LogP contribution is 1.74. The third-order valence-electron chi connectivity index (χ3n) is 1.14. The number of thiocarbonyl (C=S) groups is 1. The van der Waals surface area contributed by atoms with Crippen LogP contribution in [0, 0.1) is 0 Å². The van der Waals surface area contributed by atoms with Crippen molar-refractivity contribution in [1.82, 2.24) is 16.0 Å². The van der Waals surface area contributed by atoms with Crippen LogP contribution in [0.1, 0.15) is 13.8 Å². The van der Waals surface area contributed by atoms with Crippen LogP contribution in [0.4, 0.5) is 0 Å². The maximum Gasteiger partial charge on any atom is 0.168 e. The van der Waals surface area contributed by atoms with Crippen molar-refractivity contribution in [3.63, 3.8) is 0 Å². The average molecular weight is 176 g/mol. The summed E-state index contributed by atoms with van der Waals surface area (Å²) in [4.78, 5) is 0. The van der Waals surface area contributed by atoms with Crippen molar-refractivity contribution >= 4 is 17.3 Å². The van der Waals surface area contributed by atoms with E-state index in [4.69, 9.17) is 18.0 Å². The van der Waals surface area contributed by atoms with Crippen LogP contribution < -0.4 is 21.7 Å². The minimum absolute atomic E-state index is 0.112. The van der Waals surface area contributed by atoms with Crippen molar-refractivity contribution in [2.45, 2.75) is 26.2 Å². The Kier molecular flexibility index (Phi) is 5.10. The fourth-order valence-electron chi connectivity index (χ4n) is 0.517. The molecular weight excluding hydrogens is 160 g/mol. The molecule has 0 bridgehead atoms. The second-order valence-electron chi connectivity index (χ2n) is 2.42. The number of nitrogens with one attached hydrogen (secondary N) is 3. The molecule has 0 aliphatic rings. The third kappa shape index (κ3) is 6.03. The second-order valence-corrected chi connectivity index (χ2v) is 2.83. The monoisotopic (exact) mass is 176 g/mol. The Labute approximate surface area is 72.9 Å². The first-order chi connectivity index (χ1) is 5.06. The van der Waals surface area contributed by atoms with E-state index in [2.05, 4.69) is 16.0 Å². The third-order valence-corrected chi connectivity index (χ3v) is 1.38. The zero-order valence-corrected chi connectivity index (χ0v) is 7.96. The van der Waals surface area contributed by atoms with E-state index < -0.39 is 0 Å². The predicted molar refractivity (Wildman–Crippen MR) is 51.0 cm³/mol. The normalized spacial score (nSPS) is 15.3. The van der Waals surface area contributed by atoms with E-state index in [0.29, 0.717) is 5.11 Å². The molecule has 2 atom stereocenters. The molecule has 66 valence electrons. The van der Waals surface area contributed by atoms with Gasteiger partial charge in [0.25, 0.3) is 0 Å². The first-order valence-corrected chi connectivity index (χ1v) is 3.97. The van der Waals surface area contributed by atoms with Gasteiger partial charge in [0, 0.05) is 0 Å². The fourth-order valence-corrected chi connectivity index (χ4v) is 0.880. The largest absolute Gasteiger partial charge is 0.348 e. The van der Waals surface area contributed by atoms with Gasteiger partial charge in [-0.3, -0.25) is 0 Å². The lowest BCUT2D eigenvalue weighted by Gasteiger charge is -2.17. The Balaban J connectivity index is 3.52. The van der Waals surface area contributed by atoms with Gasteiger partial charge < -0.3 is 21.7 Å². The van der Waals surface area contributed by atoms with Crippen LogP contribution in [0.25, 0.3) is 0 Å². The van der Waals surface area contributed by atoms with Gasteiger partial charge in [-0.15, -0.1) is 0 Å². The molecule has 0 heterocycles. The lowest BCUT2D eigenvalue weighted by molar-refractivity contribution is 0.562. The van der Waals surface area contributed by atoms with Gasteiger partial charge in [0.05, 0.1) is 12.3 Å². The van der Waals surface area contributed by atoms with E-state index >= 15 is 0 Å². The minimum atomic E-state index is -0.112.